The number of H-pyrrole nitrogens is 1. The molecule has 0 atom stereocenters. The van der Waals surface area contributed by atoms with E-state index in [1.54, 1.807) is 24.7 Å². The molecular formula is C17H18N6O2. The highest BCUT2D eigenvalue weighted by Crippen LogP contribution is 2.30. The summed E-state index contributed by atoms with van der Waals surface area (Å²) in [7, 11) is 1.83. The number of nitrogens with one attached hydrogen (secondary N) is 2. The van der Waals surface area contributed by atoms with Gasteiger partial charge in [-0.3, -0.25) is 14.8 Å². The molecule has 0 saturated heterocycles. The Morgan fingerprint density at radius 3 is 2.92 bits per heavy atom. The Morgan fingerprint density at radius 2 is 2.12 bits per heavy atom. The van der Waals surface area contributed by atoms with Crippen LogP contribution in [-0.4, -0.2) is 35.9 Å². The fraction of sp³-hybridized carbons (Fsp3) is 0.235. The summed E-state index contributed by atoms with van der Waals surface area (Å²) in [4.78, 5) is 4.34. The van der Waals surface area contributed by atoms with Crippen molar-refractivity contribution in [3.05, 3.63) is 36.5 Å². The third-order valence-corrected chi connectivity index (χ3v) is 3.75. The highest BCUT2D eigenvalue weighted by atomic mass is 16.6. The van der Waals surface area contributed by atoms with Gasteiger partial charge in [-0.15, -0.1) is 5.10 Å². The second kappa shape index (κ2) is 5.45. The molecule has 0 fully saturated rings. The van der Waals surface area contributed by atoms with Gasteiger partial charge in [-0.2, -0.15) is 5.10 Å². The van der Waals surface area contributed by atoms with Crippen molar-refractivity contribution in [2.75, 3.05) is 5.32 Å². The van der Waals surface area contributed by atoms with Crippen molar-refractivity contribution in [1.29, 1.82) is 0 Å². The summed E-state index contributed by atoms with van der Waals surface area (Å²) < 4.78 is 7.23. The van der Waals surface area contributed by atoms with Crippen LogP contribution in [0, 0.1) is 0 Å². The average Bonchev–Trinajstić information content (AvgIpc) is 3.08. The van der Waals surface area contributed by atoms with Crippen molar-refractivity contribution in [3.63, 3.8) is 0 Å². The molecule has 0 saturated carbocycles. The van der Waals surface area contributed by atoms with Gasteiger partial charge < -0.3 is 15.2 Å². The Bertz CT molecular complexity index is 1060. The molecule has 0 aliphatic heterocycles. The number of aromatic nitrogens is 5. The quantitative estimate of drug-likeness (QED) is 0.495. The smallest absolute Gasteiger partial charge is 0.243 e. The molecule has 0 aliphatic carbocycles. The van der Waals surface area contributed by atoms with Crippen LogP contribution in [-0.2, 0) is 7.05 Å². The molecule has 0 spiro atoms. The maximum atomic E-state index is 9.86. The van der Waals surface area contributed by atoms with Gasteiger partial charge in [-0.05, 0) is 30.3 Å². The van der Waals surface area contributed by atoms with Crippen LogP contribution in [0.5, 0.6) is 5.88 Å². The fourth-order valence-electron chi connectivity index (χ4n) is 2.69. The first kappa shape index (κ1) is 15.4. The van der Waals surface area contributed by atoms with Crippen LogP contribution >= 0.6 is 0 Å². The molecule has 0 aliphatic rings. The maximum absolute atomic E-state index is 9.86. The van der Waals surface area contributed by atoms with Crippen LogP contribution in [0.4, 0.5) is 11.5 Å². The van der Waals surface area contributed by atoms with Gasteiger partial charge in [-0.1, -0.05) is 0 Å². The summed E-state index contributed by atoms with van der Waals surface area (Å²) in [6, 6.07) is 9.53. The van der Waals surface area contributed by atoms with E-state index in [0.29, 0.717) is 11.7 Å². The lowest BCUT2D eigenvalue weighted by Crippen LogP contribution is -2.27. The Hall–Kier alpha value is -3.13. The average molecular weight is 338 g/mol. The van der Waals surface area contributed by atoms with Crippen LogP contribution in [0.25, 0.3) is 21.9 Å². The molecule has 8 nitrogen and oxygen atoms in total. The maximum Gasteiger partial charge on any atom is 0.243 e. The molecule has 128 valence electrons. The summed E-state index contributed by atoms with van der Waals surface area (Å²) in [6.45, 7) is 3.14. The third-order valence-electron chi connectivity index (χ3n) is 3.75. The first-order valence-corrected chi connectivity index (χ1v) is 7.85. The number of benzene rings is 1. The Kier molecular flexibility index (Phi) is 3.36. The van der Waals surface area contributed by atoms with Gasteiger partial charge in [0.2, 0.25) is 11.7 Å². The Labute approximate surface area is 143 Å². The van der Waals surface area contributed by atoms with Crippen molar-refractivity contribution >= 4 is 33.4 Å². The van der Waals surface area contributed by atoms with Crippen molar-refractivity contribution < 1.29 is 9.84 Å². The molecule has 3 heterocycles. The second-order valence-corrected chi connectivity index (χ2v) is 6.31. The van der Waals surface area contributed by atoms with Crippen LogP contribution in [0.2, 0.25) is 0 Å². The van der Waals surface area contributed by atoms with Gasteiger partial charge in [0.1, 0.15) is 5.52 Å². The molecule has 0 unspecified atom stereocenters. The van der Waals surface area contributed by atoms with Crippen molar-refractivity contribution in [2.45, 2.75) is 19.6 Å². The normalized spacial score (nSPS) is 12.0. The predicted octanol–water partition coefficient (Wildman–Crippen LogP) is 2.70. The van der Waals surface area contributed by atoms with Crippen molar-refractivity contribution in [2.24, 2.45) is 7.05 Å². The number of pyridine rings is 1. The first-order chi connectivity index (χ1) is 11.9. The fourth-order valence-corrected chi connectivity index (χ4v) is 2.69. The van der Waals surface area contributed by atoms with Crippen LogP contribution < -0.4 is 10.1 Å². The molecular weight excluding hydrogens is 320 g/mol. The summed E-state index contributed by atoms with van der Waals surface area (Å²) in [5.41, 5.74) is 3.37. The topological polar surface area (TPSA) is 101 Å². The molecule has 0 amide bonds. The number of aromatic amines is 1. The highest BCUT2D eigenvalue weighted by Gasteiger charge is 2.19. The monoisotopic (exact) mass is 338 g/mol. The molecule has 1 aromatic carbocycles. The zero-order valence-electron chi connectivity index (χ0n) is 14.1. The number of rotatable bonds is 4. The molecule has 0 bridgehead atoms. The van der Waals surface area contributed by atoms with E-state index in [-0.39, 0.29) is 0 Å². The Balaban J connectivity index is 1.71. The SMILES string of the molecule is Cn1nc(OC(C)(C)O)c2ccc(Nc3n[nH]c4cccnc34)cc21. The summed E-state index contributed by atoms with van der Waals surface area (Å²) in [6.07, 6.45) is 1.73. The number of aliphatic hydroxyl groups is 1. The number of hydrogen-bond donors (Lipinski definition) is 3. The molecule has 4 aromatic rings. The molecule has 3 N–H and O–H groups in total. The lowest BCUT2D eigenvalue weighted by Gasteiger charge is -2.17. The number of hydrogen-bond acceptors (Lipinski definition) is 6. The van der Waals surface area contributed by atoms with Gasteiger partial charge in [0, 0.05) is 32.8 Å². The lowest BCUT2D eigenvalue weighted by atomic mass is 10.2. The van der Waals surface area contributed by atoms with E-state index in [4.69, 9.17) is 4.74 Å². The minimum absolute atomic E-state index is 0.392. The van der Waals surface area contributed by atoms with Gasteiger partial charge in [0.05, 0.1) is 16.4 Å². The summed E-state index contributed by atoms with van der Waals surface area (Å²) in [5.74, 6) is -0.244. The zero-order valence-corrected chi connectivity index (χ0v) is 14.1. The number of anilines is 2. The Morgan fingerprint density at radius 1 is 1.28 bits per heavy atom. The standard InChI is InChI=1S/C17H18N6O2/c1-17(2,24)25-16-11-7-6-10(9-13(11)23(3)22-16)19-15-14-12(20-21-15)5-4-8-18-14/h4-9,24H,1-3H3,(H2,19,20,21). The van der Waals surface area contributed by atoms with Crippen LogP contribution in [0.1, 0.15) is 13.8 Å². The molecule has 0 radical (unpaired) electrons. The van der Waals surface area contributed by atoms with E-state index in [2.05, 4.69) is 25.6 Å². The number of ether oxygens (including phenoxy) is 1. The zero-order chi connectivity index (χ0) is 17.6. The summed E-state index contributed by atoms with van der Waals surface area (Å²) >= 11 is 0. The number of aryl methyl sites for hydroxylation is 1. The van der Waals surface area contributed by atoms with E-state index in [9.17, 15) is 5.11 Å². The third kappa shape index (κ3) is 2.87. The molecule has 4 rings (SSSR count). The first-order valence-electron chi connectivity index (χ1n) is 7.85. The van der Waals surface area contributed by atoms with Gasteiger partial charge in [0.25, 0.3) is 0 Å². The van der Waals surface area contributed by atoms with E-state index in [1.807, 2.05) is 37.4 Å². The molecule has 25 heavy (non-hydrogen) atoms. The van der Waals surface area contributed by atoms with Gasteiger partial charge >= 0.3 is 0 Å². The second-order valence-electron chi connectivity index (χ2n) is 6.31. The number of fused-ring (bicyclic) bond motifs is 2. The van der Waals surface area contributed by atoms with Crippen LogP contribution in [0.3, 0.4) is 0 Å². The molecule has 3 aromatic heterocycles. The van der Waals surface area contributed by atoms with Gasteiger partial charge in [-0.25, -0.2) is 0 Å². The van der Waals surface area contributed by atoms with E-state index in [1.165, 1.54) is 0 Å². The van der Waals surface area contributed by atoms with E-state index in [0.717, 1.165) is 27.6 Å². The molecule has 8 heteroatoms. The van der Waals surface area contributed by atoms with Gasteiger partial charge in [0.15, 0.2) is 5.82 Å². The van der Waals surface area contributed by atoms with E-state index < -0.39 is 5.79 Å². The van der Waals surface area contributed by atoms with Crippen molar-refractivity contribution in [3.8, 4) is 5.88 Å². The van der Waals surface area contributed by atoms with Crippen molar-refractivity contribution in [1.82, 2.24) is 25.0 Å². The van der Waals surface area contributed by atoms with Crippen LogP contribution in [0.15, 0.2) is 36.5 Å². The minimum Gasteiger partial charge on any atom is -0.444 e. The summed E-state index contributed by atoms with van der Waals surface area (Å²) in [5, 5.41) is 25.5. The lowest BCUT2D eigenvalue weighted by molar-refractivity contribution is -0.106. The van der Waals surface area contributed by atoms with E-state index >= 15 is 0 Å². The largest absolute Gasteiger partial charge is 0.444 e. The highest BCUT2D eigenvalue weighted by molar-refractivity contribution is 5.91. The minimum atomic E-state index is -1.29. The number of nitrogens with zero attached hydrogens (tertiary/aromatic N) is 4. The predicted molar refractivity (Wildman–Crippen MR) is 94.8 cm³/mol.